The van der Waals surface area contributed by atoms with Crippen molar-refractivity contribution in [2.75, 3.05) is 13.1 Å². The summed E-state index contributed by atoms with van der Waals surface area (Å²) in [6.45, 7) is 1.72. The second-order valence-corrected chi connectivity index (χ2v) is 5.93. The maximum atomic E-state index is 12.0. The van der Waals surface area contributed by atoms with E-state index in [9.17, 15) is 14.4 Å². The predicted octanol–water partition coefficient (Wildman–Crippen LogP) is 2.38. The molecule has 138 valence electrons. The number of carboxylic acid groups (broad SMARTS) is 2. The lowest BCUT2D eigenvalue weighted by atomic mass is 10.1. The number of carbonyl (C=O) groups excluding carboxylic acids is 1. The zero-order chi connectivity index (χ0) is 17.5. The Balaban J connectivity index is 0. The van der Waals surface area contributed by atoms with Crippen LogP contribution in [-0.2, 0) is 14.4 Å². The molecule has 0 atom stereocenters. The lowest BCUT2D eigenvalue weighted by molar-refractivity contribution is -0.146. The van der Waals surface area contributed by atoms with Crippen molar-refractivity contribution in [3.8, 4) is 0 Å². The van der Waals surface area contributed by atoms with E-state index in [1.165, 1.54) is 38.5 Å². The van der Waals surface area contributed by atoms with Gasteiger partial charge >= 0.3 is 35.0 Å². The molecule has 0 rings (SSSR count). The second-order valence-electron chi connectivity index (χ2n) is 5.93. The molecule has 6 nitrogen and oxygen atoms in total. The Bertz CT molecular complexity index is 363. The van der Waals surface area contributed by atoms with Crippen LogP contribution in [0.2, 0.25) is 0 Å². The zero-order valence-electron chi connectivity index (χ0n) is 14.3. The lowest BCUT2D eigenvalue weighted by Gasteiger charge is -2.19. The summed E-state index contributed by atoms with van der Waals surface area (Å²) >= 11 is 0. The molecule has 0 aliphatic rings. The van der Waals surface area contributed by atoms with Crippen molar-refractivity contribution >= 4 is 40.9 Å². The molecule has 0 fully saturated rings. The van der Waals surface area contributed by atoms with E-state index in [1.54, 1.807) is 0 Å². The van der Waals surface area contributed by atoms with Gasteiger partial charge in [-0.1, -0.05) is 58.3 Å². The Hall–Kier alpha value is -0.824. The average molecular weight is 356 g/mol. The van der Waals surface area contributed by atoms with E-state index in [1.807, 2.05) is 0 Å². The first kappa shape index (κ1) is 25.4. The zero-order valence-corrected chi connectivity index (χ0v) is 14.3. The monoisotopic (exact) mass is 355 g/mol. The van der Waals surface area contributed by atoms with E-state index in [2.05, 4.69) is 6.92 Å². The van der Waals surface area contributed by atoms with E-state index in [0.717, 1.165) is 24.2 Å². The summed E-state index contributed by atoms with van der Waals surface area (Å²) in [5.74, 6) is -2.41. The standard InChI is InChI=1S/C17H31NO5.Mg.2H/c1-2-3-4-5-6-7-8-9-10-11-15(19)18(14-17(22)23)13-12-16(20)21;;;/h2-14H2,1H3,(H,20,21)(H,22,23);;;. The molecule has 0 aliphatic carbocycles. The Kier molecular flexibility index (Phi) is 18.0. The first-order chi connectivity index (χ1) is 11.0. The third-order valence-corrected chi connectivity index (χ3v) is 3.77. The van der Waals surface area contributed by atoms with Crippen LogP contribution in [0.4, 0.5) is 0 Å². The third kappa shape index (κ3) is 16.0. The van der Waals surface area contributed by atoms with Crippen molar-refractivity contribution < 1.29 is 24.6 Å². The first-order valence-electron chi connectivity index (χ1n) is 8.68. The highest BCUT2D eigenvalue weighted by Gasteiger charge is 2.17. The van der Waals surface area contributed by atoms with Crippen LogP contribution < -0.4 is 0 Å². The summed E-state index contributed by atoms with van der Waals surface area (Å²) < 4.78 is 0. The van der Waals surface area contributed by atoms with Crippen molar-refractivity contribution in [2.24, 2.45) is 0 Å². The van der Waals surface area contributed by atoms with Gasteiger partial charge in [-0.25, -0.2) is 0 Å². The minimum Gasteiger partial charge on any atom is -0.481 e. The summed E-state index contributed by atoms with van der Waals surface area (Å²) in [6.07, 6.45) is 10.4. The highest BCUT2D eigenvalue weighted by Crippen LogP contribution is 2.11. The number of aliphatic carboxylic acids is 2. The largest absolute Gasteiger partial charge is 0.481 e. The molecule has 0 bridgehead atoms. The summed E-state index contributed by atoms with van der Waals surface area (Å²) in [5, 5.41) is 17.4. The van der Waals surface area contributed by atoms with Crippen molar-refractivity contribution in [3.05, 3.63) is 0 Å². The fraction of sp³-hybridized carbons (Fsp3) is 0.824. The van der Waals surface area contributed by atoms with Crippen LogP contribution in [-0.4, -0.2) is 69.1 Å². The third-order valence-electron chi connectivity index (χ3n) is 3.77. The quantitative estimate of drug-likeness (QED) is 0.347. The molecular weight excluding hydrogens is 322 g/mol. The van der Waals surface area contributed by atoms with Crippen LogP contribution in [0.1, 0.15) is 77.6 Å². The molecule has 0 saturated heterocycles. The molecule has 0 spiro atoms. The molecule has 7 heteroatoms. The molecule has 0 unspecified atom stereocenters. The maximum Gasteiger partial charge on any atom is 0.323 e. The van der Waals surface area contributed by atoms with Gasteiger partial charge in [0.25, 0.3) is 0 Å². The highest BCUT2D eigenvalue weighted by molar-refractivity contribution is 5.81. The Morgan fingerprint density at radius 2 is 1.25 bits per heavy atom. The number of carbonyl (C=O) groups is 3. The number of hydrogen-bond donors (Lipinski definition) is 2. The van der Waals surface area contributed by atoms with Gasteiger partial charge in [0.05, 0.1) is 6.42 Å². The van der Waals surface area contributed by atoms with Crippen LogP contribution in [0.3, 0.4) is 0 Å². The van der Waals surface area contributed by atoms with Gasteiger partial charge in [-0.2, -0.15) is 0 Å². The second kappa shape index (κ2) is 17.0. The van der Waals surface area contributed by atoms with E-state index >= 15 is 0 Å². The Morgan fingerprint density at radius 3 is 1.71 bits per heavy atom. The lowest BCUT2D eigenvalue weighted by Crippen LogP contribution is -2.37. The van der Waals surface area contributed by atoms with Crippen LogP contribution in [0.25, 0.3) is 0 Å². The van der Waals surface area contributed by atoms with Crippen LogP contribution in [0.15, 0.2) is 0 Å². The molecular formula is C17H33MgNO5. The molecule has 0 aromatic rings. The molecule has 1 amide bonds. The van der Waals surface area contributed by atoms with E-state index in [0.29, 0.717) is 6.42 Å². The van der Waals surface area contributed by atoms with Gasteiger partial charge < -0.3 is 15.1 Å². The molecule has 0 aromatic carbocycles. The molecule has 0 aromatic heterocycles. The number of hydrogen-bond acceptors (Lipinski definition) is 3. The number of unbranched alkanes of at least 4 members (excludes halogenated alkanes) is 8. The van der Waals surface area contributed by atoms with Crippen LogP contribution in [0.5, 0.6) is 0 Å². The SMILES string of the molecule is CCCCCCCCCCCC(=O)N(CCC(=O)O)CC(=O)O.[MgH2]. The Labute approximate surface area is 161 Å². The fourth-order valence-electron chi connectivity index (χ4n) is 2.43. The van der Waals surface area contributed by atoms with Crippen molar-refractivity contribution in [3.63, 3.8) is 0 Å². The van der Waals surface area contributed by atoms with E-state index in [-0.39, 0.29) is 41.9 Å². The van der Waals surface area contributed by atoms with Gasteiger partial charge in [-0.05, 0) is 6.42 Å². The number of rotatable bonds is 15. The normalized spacial score (nSPS) is 10.0. The number of carboxylic acids is 2. The minimum atomic E-state index is -1.11. The molecule has 0 heterocycles. The number of nitrogens with zero attached hydrogens (tertiary/aromatic N) is 1. The highest BCUT2D eigenvalue weighted by atomic mass is 24.3. The van der Waals surface area contributed by atoms with E-state index < -0.39 is 18.5 Å². The minimum absolute atomic E-state index is 0. The molecule has 0 aliphatic heterocycles. The first-order valence-corrected chi connectivity index (χ1v) is 8.68. The topological polar surface area (TPSA) is 94.9 Å². The van der Waals surface area contributed by atoms with Crippen molar-refractivity contribution in [2.45, 2.75) is 77.6 Å². The van der Waals surface area contributed by atoms with Crippen LogP contribution in [0, 0.1) is 0 Å². The molecule has 0 saturated carbocycles. The maximum absolute atomic E-state index is 12.0. The summed E-state index contributed by atoms with van der Waals surface area (Å²) in [7, 11) is 0. The summed E-state index contributed by atoms with van der Waals surface area (Å²) in [4.78, 5) is 34.4. The summed E-state index contributed by atoms with van der Waals surface area (Å²) in [5.41, 5.74) is 0. The summed E-state index contributed by atoms with van der Waals surface area (Å²) in [6, 6.07) is 0. The van der Waals surface area contributed by atoms with E-state index in [4.69, 9.17) is 10.2 Å². The van der Waals surface area contributed by atoms with Crippen LogP contribution >= 0.6 is 0 Å². The van der Waals surface area contributed by atoms with Gasteiger partial charge in [0.15, 0.2) is 0 Å². The predicted molar refractivity (Wildman–Crippen MR) is 96.9 cm³/mol. The number of amides is 1. The van der Waals surface area contributed by atoms with Crippen molar-refractivity contribution in [1.82, 2.24) is 4.90 Å². The average Bonchev–Trinajstić information content (AvgIpc) is 2.49. The molecule has 24 heavy (non-hydrogen) atoms. The Morgan fingerprint density at radius 1 is 0.750 bits per heavy atom. The fourth-order valence-corrected chi connectivity index (χ4v) is 2.43. The molecule has 0 radical (unpaired) electrons. The van der Waals surface area contributed by atoms with Gasteiger partial charge in [-0.3, -0.25) is 14.4 Å². The van der Waals surface area contributed by atoms with Gasteiger partial charge in [0.2, 0.25) is 5.91 Å². The van der Waals surface area contributed by atoms with Gasteiger partial charge in [0.1, 0.15) is 6.54 Å². The smallest absolute Gasteiger partial charge is 0.323 e. The molecule has 2 N–H and O–H groups in total. The van der Waals surface area contributed by atoms with Gasteiger partial charge in [-0.15, -0.1) is 0 Å². The van der Waals surface area contributed by atoms with Crippen molar-refractivity contribution in [1.29, 1.82) is 0 Å². The van der Waals surface area contributed by atoms with Gasteiger partial charge in [0, 0.05) is 13.0 Å².